The number of rotatable bonds is 5. The van der Waals surface area contributed by atoms with E-state index in [9.17, 15) is 25.1 Å². The number of nitro groups is 1. The first-order valence-electron chi connectivity index (χ1n) is 4.81. The van der Waals surface area contributed by atoms with E-state index in [0.717, 1.165) is 6.07 Å². The molecule has 4 N–H and O–H groups in total. The fourth-order valence-electron chi connectivity index (χ4n) is 1.38. The molecule has 0 aliphatic rings. The van der Waals surface area contributed by atoms with Crippen LogP contribution in [-0.4, -0.2) is 34.1 Å². The molecule has 2 unspecified atom stereocenters. The third-order valence-electron chi connectivity index (χ3n) is 2.31. The molecule has 0 saturated heterocycles. The van der Waals surface area contributed by atoms with Crippen molar-refractivity contribution in [3.05, 3.63) is 39.4 Å². The highest BCUT2D eigenvalue weighted by Gasteiger charge is 2.25. The van der Waals surface area contributed by atoms with E-state index in [1.165, 1.54) is 12.1 Å². The molecule has 1 aromatic carbocycles. The van der Waals surface area contributed by atoms with Crippen molar-refractivity contribution in [1.82, 2.24) is 0 Å². The van der Waals surface area contributed by atoms with Crippen molar-refractivity contribution < 1.29 is 19.9 Å². The Bertz CT molecular complexity index is 435. The first-order valence-corrected chi connectivity index (χ1v) is 4.81. The molecular weight excluding hydrogens is 228 g/mol. The van der Waals surface area contributed by atoms with E-state index in [1.54, 1.807) is 0 Å². The smallest absolute Gasteiger partial charge is 0.276 e. The number of hydrogen-bond acceptors (Lipinski definition) is 6. The number of carbonyl (C=O) groups is 1. The summed E-state index contributed by atoms with van der Waals surface area (Å²) in [6.07, 6.45) is -2.29. The fourth-order valence-corrected chi connectivity index (χ4v) is 1.38. The van der Waals surface area contributed by atoms with E-state index in [0.29, 0.717) is 6.29 Å². The molecule has 0 aliphatic carbocycles. The topological polar surface area (TPSA) is 127 Å². The number of aliphatic hydroxyl groups is 2. The van der Waals surface area contributed by atoms with Gasteiger partial charge in [0, 0.05) is 18.2 Å². The van der Waals surface area contributed by atoms with Gasteiger partial charge >= 0.3 is 0 Å². The highest BCUT2D eigenvalue weighted by atomic mass is 16.6. The van der Waals surface area contributed by atoms with Gasteiger partial charge in [-0.3, -0.25) is 14.9 Å². The van der Waals surface area contributed by atoms with Crippen LogP contribution in [0.2, 0.25) is 0 Å². The summed E-state index contributed by atoms with van der Waals surface area (Å²) in [5, 5.41) is 29.8. The molecule has 7 heteroatoms. The average Bonchev–Trinajstić information content (AvgIpc) is 2.35. The number of hydrogen-bond donors (Lipinski definition) is 3. The third-order valence-corrected chi connectivity index (χ3v) is 2.31. The Labute approximate surface area is 96.6 Å². The molecule has 0 aromatic heterocycles. The van der Waals surface area contributed by atoms with Gasteiger partial charge in [-0.1, -0.05) is 6.07 Å². The number of aliphatic hydroxyl groups excluding tert-OH is 2. The number of nitrogens with two attached hydrogens (primary N) is 1. The van der Waals surface area contributed by atoms with Gasteiger partial charge in [0.2, 0.25) is 0 Å². The van der Waals surface area contributed by atoms with Crippen LogP contribution in [0.1, 0.15) is 22.0 Å². The van der Waals surface area contributed by atoms with Gasteiger partial charge in [-0.2, -0.15) is 0 Å². The average molecular weight is 240 g/mol. The summed E-state index contributed by atoms with van der Waals surface area (Å²) in [5.41, 5.74) is 4.78. The number of benzene rings is 1. The second-order valence-electron chi connectivity index (χ2n) is 3.44. The van der Waals surface area contributed by atoms with Gasteiger partial charge in [0.25, 0.3) is 5.69 Å². The van der Waals surface area contributed by atoms with Crippen LogP contribution in [0.4, 0.5) is 5.69 Å². The predicted molar refractivity (Wildman–Crippen MR) is 58.5 cm³/mol. The lowest BCUT2D eigenvalue weighted by molar-refractivity contribution is -0.386. The molecular formula is C10H12N2O5. The molecule has 0 spiro atoms. The maximum atomic E-state index is 10.8. The van der Waals surface area contributed by atoms with Gasteiger partial charge in [0.15, 0.2) is 0 Å². The Kier molecular flexibility index (Phi) is 4.27. The third kappa shape index (κ3) is 2.84. The zero-order valence-corrected chi connectivity index (χ0v) is 8.81. The van der Waals surface area contributed by atoms with Crippen molar-refractivity contribution in [3.63, 3.8) is 0 Å². The number of aldehydes is 1. The van der Waals surface area contributed by atoms with Crippen molar-refractivity contribution in [2.24, 2.45) is 5.73 Å². The molecule has 1 aromatic rings. The van der Waals surface area contributed by atoms with Crippen molar-refractivity contribution in [1.29, 1.82) is 0 Å². The standard InChI is InChI=1S/C10H12N2O5/c11-4-9(14)10(15)7-2-1-6(5-13)3-8(7)12(16)17/h1-3,5,9-10,14-15H,4,11H2. The van der Waals surface area contributed by atoms with E-state index in [1.807, 2.05) is 0 Å². The molecule has 0 aliphatic heterocycles. The Morgan fingerprint density at radius 3 is 2.59 bits per heavy atom. The zero-order chi connectivity index (χ0) is 13.0. The number of nitro benzene ring substituents is 1. The molecule has 7 nitrogen and oxygen atoms in total. The molecule has 0 bridgehead atoms. The van der Waals surface area contributed by atoms with Crippen LogP contribution in [-0.2, 0) is 0 Å². The molecule has 0 heterocycles. The normalized spacial score (nSPS) is 14.1. The first kappa shape index (κ1) is 13.2. The molecule has 0 amide bonds. The Morgan fingerprint density at radius 2 is 2.12 bits per heavy atom. The molecule has 2 atom stereocenters. The van der Waals surface area contributed by atoms with Gasteiger partial charge in [-0.15, -0.1) is 0 Å². The highest BCUT2D eigenvalue weighted by molar-refractivity contribution is 5.76. The highest BCUT2D eigenvalue weighted by Crippen LogP contribution is 2.27. The summed E-state index contributed by atoms with van der Waals surface area (Å²) in [7, 11) is 0. The van der Waals surface area contributed by atoms with Gasteiger partial charge in [0.05, 0.1) is 16.6 Å². The lowest BCUT2D eigenvalue weighted by Gasteiger charge is -2.16. The molecule has 92 valence electrons. The van der Waals surface area contributed by atoms with E-state index >= 15 is 0 Å². The monoisotopic (exact) mass is 240 g/mol. The molecule has 1 rings (SSSR count). The number of nitrogens with zero attached hydrogens (tertiary/aromatic N) is 1. The van der Waals surface area contributed by atoms with Crippen LogP contribution < -0.4 is 5.73 Å². The molecule has 0 radical (unpaired) electrons. The molecule has 0 saturated carbocycles. The van der Waals surface area contributed by atoms with Gasteiger partial charge in [0.1, 0.15) is 12.4 Å². The lowest BCUT2D eigenvalue weighted by atomic mass is 10.0. The Morgan fingerprint density at radius 1 is 1.47 bits per heavy atom. The SMILES string of the molecule is NCC(O)C(O)c1ccc(C=O)cc1[N+](=O)[O-]. The van der Waals surface area contributed by atoms with Crippen LogP contribution in [0, 0.1) is 10.1 Å². The number of carbonyl (C=O) groups excluding carboxylic acids is 1. The van der Waals surface area contributed by atoms with E-state index in [2.05, 4.69) is 0 Å². The maximum absolute atomic E-state index is 10.8. The first-order chi connectivity index (χ1) is 8.01. The van der Waals surface area contributed by atoms with Crippen molar-refractivity contribution in [3.8, 4) is 0 Å². The second kappa shape index (κ2) is 5.48. The maximum Gasteiger partial charge on any atom is 0.276 e. The van der Waals surface area contributed by atoms with Crippen LogP contribution in [0.5, 0.6) is 0 Å². The van der Waals surface area contributed by atoms with E-state index < -0.39 is 22.8 Å². The van der Waals surface area contributed by atoms with Gasteiger partial charge in [-0.05, 0) is 6.07 Å². The quantitative estimate of drug-likeness (QED) is 0.370. The minimum atomic E-state index is -1.46. The summed E-state index contributed by atoms with van der Waals surface area (Å²) in [6, 6.07) is 3.59. The van der Waals surface area contributed by atoms with Crippen molar-refractivity contribution in [2.45, 2.75) is 12.2 Å². The fraction of sp³-hybridized carbons (Fsp3) is 0.300. The van der Waals surface area contributed by atoms with Crippen molar-refractivity contribution in [2.75, 3.05) is 6.54 Å². The van der Waals surface area contributed by atoms with Gasteiger partial charge < -0.3 is 15.9 Å². The van der Waals surface area contributed by atoms with Crippen LogP contribution >= 0.6 is 0 Å². The van der Waals surface area contributed by atoms with E-state index in [-0.39, 0.29) is 17.7 Å². The summed E-state index contributed by atoms with van der Waals surface area (Å²) < 4.78 is 0. The predicted octanol–water partition coefficient (Wildman–Crippen LogP) is -0.240. The van der Waals surface area contributed by atoms with Crippen LogP contribution in [0.3, 0.4) is 0 Å². The Balaban J connectivity index is 3.23. The van der Waals surface area contributed by atoms with E-state index in [4.69, 9.17) is 5.73 Å². The largest absolute Gasteiger partial charge is 0.389 e. The Hall–Kier alpha value is -1.83. The zero-order valence-electron chi connectivity index (χ0n) is 8.81. The summed E-state index contributed by atoms with van der Waals surface area (Å²) in [4.78, 5) is 20.5. The summed E-state index contributed by atoms with van der Waals surface area (Å²) >= 11 is 0. The molecule has 17 heavy (non-hydrogen) atoms. The van der Waals surface area contributed by atoms with Crippen LogP contribution in [0.25, 0.3) is 0 Å². The second-order valence-corrected chi connectivity index (χ2v) is 3.44. The summed E-state index contributed by atoms with van der Waals surface area (Å²) in [5.74, 6) is 0. The lowest BCUT2D eigenvalue weighted by Crippen LogP contribution is -2.27. The van der Waals surface area contributed by atoms with Crippen LogP contribution in [0.15, 0.2) is 18.2 Å². The minimum absolute atomic E-state index is 0.0708. The molecule has 0 fully saturated rings. The van der Waals surface area contributed by atoms with Gasteiger partial charge in [-0.25, -0.2) is 0 Å². The van der Waals surface area contributed by atoms with Crippen molar-refractivity contribution >= 4 is 12.0 Å². The minimum Gasteiger partial charge on any atom is -0.389 e. The summed E-state index contributed by atoms with van der Waals surface area (Å²) in [6.45, 7) is -0.228.